The van der Waals surface area contributed by atoms with E-state index in [1.165, 1.54) is 0 Å². The van der Waals surface area contributed by atoms with E-state index in [1.807, 2.05) is 18.2 Å². The maximum Gasteiger partial charge on any atom is 0.308 e. The van der Waals surface area contributed by atoms with Crippen LogP contribution < -0.4 is 5.32 Å². The second kappa shape index (κ2) is 5.75. The number of para-hydroxylation sites is 1. The Hall–Kier alpha value is -2.04. The quantitative estimate of drug-likeness (QED) is 0.676. The number of anilines is 1. The van der Waals surface area contributed by atoms with Crippen LogP contribution in [0, 0.1) is 5.92 Å². The van der Waals surface area contributed by atoms with Crippen molar-refractivity contribution in [1.29, 1.82) is 0 Å². The summed E-state index contributed by atoms with van der Waals surface area (Å²) in [5.74, 6) is -3.13. The Bertz CT molecular complexity index is 364. The van der Waals surface area contributed by atoms with E-state index >= 15 is 0 Å². The molecule has 1 unspecified atom stereocenters. The molecule has 16 heavy (non-hydrogen) atoms. The highest BCUT2D eigenvalue weighted by Crippen LogP contribution is 2.09. The second-order valence-electron chi connectivity index (χ2n) is 3.38. The fourth-order valence-corrected chi connectivity index (χ4v) is 1.25. The fraction of sp³-hybridized carbons (Fsp3) is 0.273. The van der Waals surface area contributed by atoms with Crippen LogP contribution in [0.2, 0.25) is 0 Å². The van der Waals surface area contributed by atoms with Crippen molar-refractivity contribution in [2.75, 3.05) is 11.9 Å². The van der Waals surface area contributed by atoms with E-state index in [-0.39, 0.29) is 13.0 Å². The van der Waals surface area contributed by atoms with Crippen LogP contribution in [-0.2, 0) is 9.59 Å². The van der Waals surface area contributed by atoms with Crippen molar-refractivity contribution in [3.8, 4) is 0 Å². The number of carboxylic acids is 2. The summed E-state index contributed by atoms with van der Waals surface area (Å²) in [6.45, 7) is 0.103. The molecule has 1 atom stereocenters. The number of aliphatic carboxylic acids is 2. The molecular formula is C11H13NO4. The standard InChI is InChI=1S/C11H13NO4/c13-10(14)6-8(11(15)16)7-12-9-4-2-1-3-5-9/h1-5,8,12H,6-7H2,(H,13,14)(H,15,16). The summed E-state index contributed by atoms with van der Waals surface area (Å²) >= 11 is 0. The zero-order valence-corrected chi connectivity index (χ0v) is 8.59. The van der Waals surface area contributed by atoms with E-state index in [2.05, 4.69) is 5.32 Å². The number of nitrogens with one attached hydrogen (secondary N) is 1. The zero-order valence-electron chi connectivity index (χ0n) is 8.59. The van der Waals surface area contributed by atoms with Gasteiger partial charge in [-0.15, -0.1) is 0 Å². The SMILES string of the molecule is O=C(O)CC(CNc1ccccc1)C(=O)O. The largest absolute Gasteiger partial charge is 0.481 e. The number of carboxylic acid groups (broad SMARTS) is 2. The Morgan fingerprint density at radius 2 is 1.81 bits per heavy atom. The van der Waals surface area contributed by atoms with Gasteiger partial charge in [0.2, 0.25) is 0 Å². The van der Waals surface area contributed by atoms with Crippen LogP contribution in [0.3, 0.4) is 0 Å². The molecule has 3 N–H and O–H groups in total. The lowest BCUT2D eigenvalue weighted by atomic mass is 10.1. The predicted octanol–water partition coefficient (Wildman–Crippen LogP) is 1.27. The number of carbonyl (C=O) groups is 2. The minimum atomic E-state index is -1.11. The van der Waals surface area contributed by atoms with E-state index in [9.17, 15) is 9.59 Å². The monoisotopic (exact) mass is 223 g/mol. The Balaban J connectivity index is 2.50. The van der Waals surface area contributed by atoms with E-state index in [0.29, 0.717) is 0 Å². The first-order chi connectivity index (χ1) is 7.59. The van der Waals surface area contributed by atoms with Gasteiger partial charge in [-0.3, -0.25) is 9.59 Å². The van der Waals surface area contributed by atoms with Crippen molar-refractivity contribution in [3.63, 3.8) is 0 Å². The van der Waals surface area contributed by atoms with Gasteiger partial charge in [-0.1, -0.05) is 18.2 Å². The van der Waals surface area contributed by atoms with E-state index in [1.54, 1.807) is 12.1 Å². The first kappa shape index (κ1) is 12.0. The van der Waals surface area contributed by atoms with Gasteiger partial charge < -0.3 is 15.5 Å². The molecule has 0 saturated heterocycles. The third-order valence-electron chi connectivity index (χ3n) is 2.10. The molecule has 0 saturated carbocycles. The molecule has 5 nitrogen and oxygen atoms in total. The number of benzene rings is 1. The number of hydrogen-bond donors (Lipinski definition) is 3. The Morgan fingerprint density at radius 1 is 1.19 bits per heavy atom. The summed E-state index contributed by atoms with van der Waals surface area (Å²) in [7, 11) is 0. The zero-order chi connectivity index (χ0) is 12.0. The predicted molar refractivity (Wildman–Crippen MR) is 58.3 cm³/mol. The molecule has 1 rings (SSSR count). The van der Waals surface area contributed by atoms with Gasteiger partial charge in [0.25, 0.3) is 0 Å². The van der Waals surface area contributed by atoms with E-state index in [4.69, 9.17) is 10.2 Å². The van der Waals surface area contributed by atoms with Gasteiger partial charge in [0.15, 0.2) is 0 Å². The van der Waals surface area contributed by atoms with Crippen LogP contribution in [0.4, 0.5) is 5.69 Å². The highest BCUT2D eigenvalue weighted by Gasteiger charge is 2.20. The Morgan fingerprint density at radius 3 is 2.31 bits per heavy atom. The average Bonchev–Trinajstić information content (AvgIpc) is 2.25. The molecule has 0 heterocycles. The summed E-state index contributed by atoms with van der Waals surface area (Å²) in [6.07, 6.45) is -0.380. The van der Waals surface area contributed by atoms with Crippen molar-refractivity contribution in [2.45, 2.75) is 6.42 Å². The van der Waals surface area contributed by atoms with E-state index < -0.39 is 17.9 Å². The molecule has 1 aromatic carbocycles. The normalized spacial score (nSPS) is 11.8. The molecule has 0 amide bonds. The molecule has 0 aliphatic rings. The summed E-state index contributed by atoms with van der Waals surface area (Å²) in [6, 6.07) is 9.06. The van der Waals surface area contributed by atoms with Crippen LogP contribution in [0.5, 0.6) is 0 Å². The van der Waals surface area contributed by atoms with Gasteiger partial charge in [-0.25, -0.2) is 0 Å². The van der Waals surface area contributed by atoms with Crippen LogP contribution in [0.1, 0.15) is 6.42 Å². The molecular weight excluding hydrogens is 210 g/mol. The number of hydrogen-bond acceptors (Lipinski definition) is 3. The summed E-state index contributed by atoms with van der Waals surface area (Å²) < 4.78 is 0. The maximum atomic E-state index is 10.8. The topological polar surface area (TPSA) is 86.6 Å². The van der Waals surface area contributed by atoms with Gasteiger partial charge in [-0.05, 0) is 12.1 Å². The van der Waals surface area contributed by atoms with Crippen molar-refractivity contribution < 1.29 is 19.8 Å². The third kappa shape index (κ3) is 4.00. The van der Waals surface area contributed by atoms with Crippen molar-refractivity contribution in [1.82, 2.24) is 0 Å². The first-order valence-corrected chi connectivity index (χ1v) is 4.83. The summed E-state index contributed by atoms with van der Waals surface area (Å²) in [5, 5.41) is 20.2. The molecule has 0 aromatic heterocycles. The molecule has 5 heteroatoms. The molecule has 0 bridgehead atoms. The molecule has 0 spiro atoms. The molecule has 86 valence electrons. The molecule has 0 fully saturated rings. The number of rotatable bonds is 6. The highest BCUT2D eigenvalue weighted by atomic mass is 16.4. The second-order valence-corrected chi connectivity index (χ2v) is 3.38. The van der Waals surface area contributed by atoms with Crippen molar-refractivity contribution >= 4 is 17.6 Å². The Labute approximate surface area is 92.7 Å². The third-order valence-corrected chi connectivity index (χ3v) is 2.10. The van der Waals surface area contributed by atoms with Crippen molar-refractivity contribution in [2.24, 2.45) is 5.92 Å². The fourth-order valence-electron chi connectivity index (χ4n) is 1.25. The smallest absolute Gasteiger partial charge is 0.308 e. The van der Waals surface area contributed by atoms with Gasteiger partial charge in [-0.2, -0.15) is 0 Å². The molecule has 0 radical (unpaired) electrons. The molecule has 0 aliphatic carbocycles. The molecule has 0 aliphatic heterocycles. The van der Waals surface area contributed by atoms with Crippen LogP contribution in [-0.4, -0.2) is 28.7 Å². The highest BCUT2D eigenvalue weighted by molar-refractivity contribution is 5.78. The van der Waals surface area contributed by atoms with Gasteiger partial charge in [0.1, 0.15) is 0 Å². The first-order valence-electron chi connectivity index (χ1n) is 4.83. The van der Waals surface area contributed by atoms with Crippen molar-refractivity contribution in [3.05, 3.63) is 30.3 Å². The summed E-state index contributed by atoms with van der Waals surface area (Å²) in [5.41, 5.74) is 0.777. The lowest BCUT2D eigenvalue weighted by molar-refractivity contribution is -0.147. The van der Waals surface area contributed by atoms with Crippen LogP contribution >= 0.6 is 0 Å². The van der Waals surface area contributed by atoms with Crippen LogP contribution in [0.15, 0.2) is 30.3 Å². The van der Waals surface area contributed by atoms with Gasteiger partial charge in [0, 0.05) is 12.2 Å². The van der Waals surface area contributed by atoms with Crippen LogP contribution in [0.25, 0.3) is 0 Å². The lowest BCUT2D eigenvalue weighted by Gasteiger charge is -2.11. The minimum Gasteiger partial charge on any atom is -0.481 e. The molecule has 1 aromatic rings. The summed E-state index contributed by atoms with van der Waals surface area (Å²) in [4.78, 5) is 21.2. The minimum absolute atomic E-state index is 0.103. The Kier molecular flexibility index (Phi) is 4.32. The van der Waals surface area contributed by atoms with E-state index in [0.717, 1.165) is 5.69 Å². The van der Waals surface area contributed by atoms with Gasteiger partial charge in [0.05, 0.1) is 12.3 Å². The average molecular weight is 223 g/mol. The van der Waals surface area contributed by atoms with Gasteiger partial charge >= 0.3 is 11.9 Å². The maximum absolute atomic E-state index is 10.8. The lowest BCUT2D eigenvalue weighted by Crippen LogP contribution is -2.25.